The molecule has 0 bridgehead atoms. The van der Waals surface area contributed by atoms with Crippen LogP contribution in [0.4, 0.5) is 0 Å². The van der Waals surface area contributed by atoms with Crippen LogP contribution in [0.3, 0.4) is 0 Å². The summed E-state index contributed by atoms with van der Waals surface area (Å²) in [6.45, 7) is 0.441. The van der Waals surface area contributed by atoms with E-state index >= 15 is 0 Å². The molecule has 0 spiro atoms. The van der Waals surface area contributed by atoms with Crippen LogP contribution >= 0.6 is 0 Å². The first kappa shape index (κ1) is 17.3. The van der Waals surface area contributed by atoms with Crippen LogP contribution in [0, 0.1) is 0 Å². The molecular weight excluding hydrogens is 318 g/mol. The third-order valence-corrected chi connectivity index (χ3v) is 4.76. The molecule has 0 fully saturated rings. The molecule has 0 unspecified atom stereocenters. The van der Waals surface area contributed by atoms with Gasteiger partial charge in [-0.2, -0.15) is 0 Å². The Bertz CT molecular complexity index is 725. The summed E-state index contributed by atoms with van der Waals surface area (Å²) in [5.74, 6) is 0.989. The van der Waals surface area contributed by atoms with Crippen molar-refractivity contribution >= 4 is 5.91 Å². The highest BCUT2D eigenvalue weighted by molar-refractivity contribution is 5.95. The molecule has 1 N–H and O–H groups in total. The third-order valence-electron chi connectivity index (χ3n) is 4.76. The van der Waals surface area contributed by atoms with Crippen LogP contribution < -0.4 is 14.8 Å². The van der Waals surface area contributed by atoms with Crippen molar-refractivity contribution in [3.05, 3.63) is 59.2 Å². The number of benzene rings is 2. The fraction of sp³-hybridized carbons (Fsp3) is 0.350. The van der Waals surface area contributed by atoms with Crippen molar-refractivity contribution < 1.29 is 19.0 Å². The largest absolute Gasteiger partial charge is 0.497 e. The van der Waals surface area contributed by atoms with Gasteiger partial charge in [0.15, 0.2) is 0 Å². The average Bonchev–Trinajstić information content (AvgIpc) is 3.04. The van der Waals surface area contributed by atoms with Gasteiger partial charge in [0.25, 0.3) is 5.91 Å². The first-order chi connectivity index (χ1) is 12.1. The molecule has 3 rings (SSSR count). The molecule has 1 amide bonds. The van der Waals surface area contributed by atoms with E-state index in [0.717, 1.165) is 12.8 Å². The van der Waals surface area contributed by atoms with E-state index in [1.165, 1.54) is 11.1 Å². The van der Waals surface area contributed by atoms with Crippen molar-refractivity contribution in [2.75, 3.05) is 27.9 Å². The molecule has 1 aliphatic carbocycles. The van der Waals surface area contributed by atoms with E-state index in [4.69, 9.17) is 14.2 Å². The predicted molar refractivity (Wildman–Crippen MR) is 95.5 cm³/mol. The van der Waals surface area contributed by atoms with Crippen LogP contribution in [0.1, 0.15) is 21.5 Å². The lowest BCUT2D eigenvalue weighted by Crippen LogP contribution is -2.45. The van der Waals surface area contributed by atoms with E-state index in [1.54, 1.807) is 39.5 Å². The van der Waals surface area contributed by atoms with Gasteiger partial charge in [-0.1, -0.05) is 24.3 Å². The lowest BCUT2D eigenvalue weighted by atomic mass is 10.00. The maximum atomic E-state index is 12.6. The topological polar surface area (TPSA) is 56.8 Å². The molecule has 0 aliphatic heterocycles. The predicted octanol–water partition coefficient (Wildman–Crippen LogP) is 2.62. The molecule has 0 heterocycles. The quantitative estimate of drug-likeness (QED) is 0.877. The standard InChI is InChI=1S/C20H23NO4/c1-23-17-8-16(9-18(10-17)24-2)19(22)21-13-20(25-3)11-14-6-4-5-7-15(14)12-20/h4-10H,11-13H2,1-3H3,(H,21,22). The van der Waals surface area contributed by atoms with E-state index in [-0.39, 0.29) is 5.91 Å². The van der Waals surface area contributed by atoms with Gasteiger partial charge in [0.1, 0.15) is 11.5 Å². The van der Waals surface area contributed by atoms with Crippen molar-refractivity contribution in [1.82, 2.24) is 5.32 Å². The highest BCUT2D eigenvalue weighted by Crippen LogP contribution is 2.32. The Balaban J connectivity index is 1.72. The highest BCUT2D eigenvalue weighted by atomic mass is 16.5. The fourth-order valence-electron chi connectivity index (χ4n) is 3.28. The number of carbonyl (C=O) groups excluding carboxylic acids is 1. The Morgan fingerprint density at radius 2 is 1.56 bits per heavy atom. The molecule has 2 aromatic rings. The number of hydrogen-bond donors (Lipinski definition) is 1. The molecule has 132 valence electrons. The van der Waals surface area contributed by atoms with Crippen molar-refractivity contribution in [2.24, 2.45) is 0 Å². The van der Waals surface area contributed by atoms with Crippen molar-refractivity contribution in [1.29, 1.82) is 0 Å². The van der Waals surface area contributed by atoms with Gasteiger partial charge in [0.2, 0.25) is 0 Å². The summed E-state index contributed by atoms with van der Waals surface area (Å²) in [6.07, 6.45) is 1.59. The molecule has 25 heavy (non-hydrogen) atoms. The van der Waals surface area contributed by atoms with Crippen LogP contribution in [0.2, 0.25) is 0 Å². The fourth-order valence-corrected chi connectivity index (χ4v) is 3.28. The van der Waals surface area contributed by atoms with Crippen molar-refractivity contribution in [3.63, 3.8) is 0 Å². The number of fused-ring (bicyclic) bond motifs is 1. The Kier molecular flexibility index (Phi) is 4.95. The first-order valence-electron chi connectivity index (χ1n) is 8.22. The van der Waals surface area contributed by atoms with E-state index in [9.17, 15) is 4.79 Å². The number of methoxy groups -OCH3 is 3. The summed E-state index contributed by atoms with van der Waals surface area (Å²) in [5, 5.41) is 3.00. The average molecular weight is 341 g/mol. The van der Waals surface area contributed by atoms with Gasteiger partial charge in [-0.15, -0.1) is 0 Å². The molecule has 0 saturated heterocycles. The molecule has 0 aromatic heterocycles. The second-order valence-corrected chi connectivity index (χ2v) is 6.29. The van der Waals surface area contributed by atoms with Crippen molar-refractivity contribution in [3.8, 4) is 11.5 Å². The minimum atomic E-state index is -0.400. The second kappa shape index (κ2) is 7.15. The van der Waals surface area contributed by atoms with Crippen LogP contribution in [0.5, 0.6) is 11.5 Å². The highest BCUT2D eigenvalue weighted by Gasteiger charge is 2.37. The van der Waals surface area contributed by atoms with Crippen LogP contribution in [-0.4, -0.2) is 39.4 Å². The van der Waals surface area contributed by atoms with Crippen LogP contribution in [0.15, 0.2) is 42.5 Å². The summed E-state index contributed by atoms with van der Waals surface area (Å²) in [4.78, 5) is 12.6. The Morgan fingerprint density at radius 3 is 2.04 bits per heavy atom. The number of amides is 1. The maximum Gasteiger partial charge on any atom is 0.251 e. The second-order valence-electron chi connectivity index (χ2n) is 6.29. The lowest BCUT2D eigenvalue weighted by Gasteiger charge is -2.27. The number of nitrogens with one attached hydrogen (secondary N) is 1. The Morgan fingerprint density at radius 1 is 1.00 bits per heavy atom. The van der Waals surface area contributed by atoms with Crippen molar-refractivity contribution in [2.45, 2.75) is 18.4 Å². The molecule has 2 aromatic carbocycles. The normalized spacial score (nSPS) is 14.7. The first-order valence-corrected chi connectivity index (χ1v) is 8.22. The van der Waals surface area contributed by atoms with Gasteiger partial charge in [0.05, 0.1) is 19.8 Å². The Hall–Kier alpha value is -2.53. The van der Waals surface area contributed by atoms with Gasteiger partial charge in [-0.05, 0) is 23.3 Å². The SMILES string of the molecule is COc1cc(OC)cc(C(=O)NCC2(OC)Cc3ccccc3C2)c1. The van der Waals surface area contributed by atoms with Gasteiger partial charge in [-0.25, -0.2) is 0 Å². The van der Waals surface area contributed by atoms with Crippen LogP contribution in [0.25, 0.3) is 0 Å². The van der Waals surface area contributed by atoms with Gasteiger partial charge < -0.3 is 19.5 Å². The number of rotatable bonds is 6. The third kappa shape index (κ3) is 3.61. The van der Waals surface area contributed by atoms with E-state index in [2.05, 4.69) is 17.4 Å². The summed E-state index contributed by atoms with van der Waals surface area (Å²) >= 11 is 0. The zero-order valence-corrected chi connectivity index (χ0v) is 14.8. The zero-order chi connectivity index (χ0) is 17.9. The lowest BCUT2D eigenvalue weighted by molar-refractivity contribution is 0.000175. The summed E-state index contributed by atoms with van der Waals surface area (Å²) in [5.41, 5.74) is 2.66. The minimum Gasteiger partial charge on any atom is -0.497 e. The van der Waals surface area contributed by atoms with Gasteiger partial charge in [0, 0.05) is 38.1 Å². The molecular formula is C20H23NO4. The molecule has 0 saturated carbocycles. The summed E-state index contributed by atoms with van der Waals surface area (Å²) in [6, 6.07) is 13.4. The molecule has 5 nitrogen and oxygen atoms in total. The molecule has 1 aliphatic rings. The summed E-state index contributed by atoms with van der Waals surface area (Å²) in [7, 11) is 4.82. The van der Waals surface area contributed by atoms with Gasteiger partial charge >= 0.3 is 0 Å². The zero-order valence-electron chi connectivity index (χ0n) is 14.8. The number of ether oxygens (including phenoxy) is 3. The summed E-state index contributed by atoms with van der Waals surface area (Å²) < 4.78 is 16.2. The van der Waals surface area contributed by atoms with E-state index in [0.29, 0.717) is 23.6 Å². The van der Waals surface area contributed by atoms with E-state index in [1.807, 2.05) is 12.1 Å². The Labute approximate surface area is 147 Å². The number of hydrogen-bond acceptors (Lipinski definition) is 4. The molecule has 0 atom stereocenters. The monoisotopic (exact) mass is 341 g/mol. The minimum absolute atomic E-state index is 0.176. The molecule has 5 heteroatoms. The van der Waals surface area contributed by atoms with Crippen LogP contribution in [-0.2, 0) is 17.6 Å². The molecule has 0 radical (unpaired) electrons. The maximum absolute atomic E-state index is 12.6. The van der Waals surface area contributed by atoms with Gasteiger partial charge in [-0.3, -0.25) is 4.79 Å². The number of carbonyl (C=O) groups is 1. The van der Waals surface area contributed by atoms with E-state index < -0.39 is 5.60 Å². The smallest absolute Gasteiger partial charge is 0.251 e.